The first-order chi connectivity index (χ1) is 19.6. The Morgan fingerprint density at radius 1 is 1.02 bits per heavy atom. The van der Waals surface area contributed by atoms with Crippen LogP contribution < -0.4 is 10.5 Å². The summed E-state index contributed by atoms with van der Waals surface area (Å²) in [5, 5.41) is 19.4. The molecule has 1 fully saturated rings. The summed E-state index contributed by atoms with van der Waals surface area (Å²) in [5.74, 6) is 1.39. The molecule has 0 spiro atoms. The monoisotopic (exact) mass is 533 g/mol. The van der Waals surface area contributed by atoms with Gasteiger partial charge < -0.3 is 15.2 Å². The molecule has 4 N–H and O–H groups in total. The number of pyridine rings is 1. The largest absolute Gasteiger partial charge is 0.493 e. The molecule has 3 aromatic carbocycles. The summed E-state index contributed by atoms with van der Waals surface area (Å²) in [6.07, 6.45) is 2.56. The lowest BCUT2D eigenvalue weighted by molar-refractivity contribution is 0.0452. The fourth-order valence-corrected chi connectivity index (χ4v) is 4.89. The van der Waals surface area contributed by atoms with Gasteiger partial charge in [-0.25, -0.2) is 4.99 Å². The van der Waals surface area contributed by atoms with Crippen molar-refractivity contribution in [3.8, 4) is 17.0 Å². The molecule has 0 amide bonds. The van der Waals surface area contributed by atoms with Crippen LogP contribution in [0.3, 0.4) is 0 Å². The predicted molar refractivity (Wildman–Crippen MR) is 158 cm³/mol. The molecule has 0 bridgehead atoms. The fourth-order valence-electron chi connectivity index (χ4n) is 4.89. The van der Waals surface area contributed by atoms with Crippen molar-refractivity contribution in [3.63, 3.8) is 0 Å². The van der Waals surface area contributed by atoms with E-state index in [0.29, 0.717) is 37.8 Å². The number of nitrogens with two attached hydrogens (primary N) is 1. The molecule has 0 aliphatic carbocycles. The van der Waals surface area contributed by atoms with Crippen LogP contribution in [0.25, 0.3) is 32.9 Å². The van der Waals surface area contributed by atoms with E-state index in [1.807, 2.05) is 42.5 Å². The highest BCUT2D eigenvalue weighted by Crippen LogP contribution is 2.31. The summed E-state index contributed by atoms with van der Waals surface area (Å²) in [7, 11) is 0. The van der Waals surface area contributed by atoms with Crippen molar-refractivity contribution in [2.45, 2.75) is 6.42 Å². The Morgan fingerprint density at radius 2 is 1.88 bits per heavy atom. The van der Waals surface area contributed by atoms with Crippen LogP contribution >= 0.6 is 0 Å². The van der Waals surface area contributed by atoms with Gasteiger partial charge in [0.25, 0.3) is 0 Å². The van der Waals surface area contributed by atoms with Crippen molar-refractivity contribution in [1.82, 2.24) is 20.1 Å². The molecule has 6 rings (SSSR count). The van der Waals surface area contributed by atoms with E-state index in [0.717, 1.165) is 63.9 Å². The summed E-state index contributed by atoms with van der Waals surface area (Å²) in [6.45, 7) is 4.13. The third kappa shape index (κ3) is 5.85. The van der Waals surface area contributed by atoms with E-state index in [1.54, 1.807) is 6.20 Å². The minimum absolute atomic E-state index is 0.133. The van der Waals surface area contributed by atoms with Gasteiger partial charge in [-0.05, 0) is 59.3 Å². The number of morpholine rings is 1. The lowest BCUT2D eigenvalue weighted by atomic mass is 10.0. The Kier molecular flexibility index (Phi) is 7.47. The van der Waals surface area contributed by atoms with Crippen LogP contribution in [0.1, 0.15) is 11.3 Å². The zero-order chi connectivity index (χ0) is 27.3. The van der Waals surface area contributed by atoms with Crippen LogP contribution in [-0.2, 0) is 11.2 Å². The van der Waals surface area contributed by atoms with Gasteiger partial charge in [0.2, 0.25) is 0 Å². The van der Waals surface area contributed by atoms with Crippen LogP contribution in [-0.4, -0.2) is 71.2 Å². The normalized spacial score (nSPS) is 14.6. The van der Waals surface area contributed by atoms with Crippen molar-refractivity contribution in [1.29, 1.82) is 5.41 Å². The Balaban J connectivity index is 1.18. The first kappa shape index (κ1) is 25.7. The standard InChI is InChI=1S/C31H31N7O2/c32-29(20-38-12-15-39-16-13-38)35-31(33)24-7-9-28-27(19-24)30(37-36-28)23-5-4-22-18-26(8-6-21(22)17-23)40-14-10-25-3-1-2-11-34-25/h1-9,11,17-19H,10,12-16,20H2,(H,36,37)(H3,32,33,35). The molecule has 2 aromatic heterocycles. The second-order valence-electron chi connectivity index (χ2n) is 9.82. The number of benzene rings is 3. The molecule has 9 nitrogen and oxygen atoms in total. The molecule has 0 saturated carbocycles. The van der Waals surface area contributed by atoms with Crippen molar-refractivity contribution in [3.05, 3.63) is 90.3 Å². The first-order valence-electron chi connectivity index (χ1n) is 13.4. The van der Waals surface area contributed by atoms with Gasteiger partial charge in [0.1, 0.15) is 11.6 Å². The van der Waals surface area contributed by atoms with Gasteiger partial charge in [-0.2, -0.15) is 5.10 Å². The summed E-state index contributed by atoms with van der Waals surface area (Å²) in [6, 6.07) is 24.0. The van der Waals surface area contributed by atoms with E-state index in [2.05, 4.69) is 55.4 Å². The number of amidine groups is 2. The van der Waals surface area contributed by atoms with E-state index >= 15 is 0 Å². The van der Waals surface area contributed by atoms with Crippen molar-refractivity contribution < 1.29 is 9.47 Å². The molecule has 202 valence electrons. The average Bonchev–Trinajstić information content (AvgIpc) is 3.41. The van der Waals surface area contributed by atoms with Crippen LogP contribution in [0, 0.1) is 5.41 Å². The maximum atomic E-state index is 8.55. The van der Waals surface area contributed by atoms with Crippen LogP contribution in [0.5, 0.6) is 5.75 Å². The minimum Gasteiger partial charge on any atom is -0.493 e. The number of aromatic nitrogens is 3. The highest BCUT2D eigenvalue weighted by molar-refractivity contribution is 6.08. The predicted octanol–water partition coefficient (Wildman–Crippen LogP) is 4.41. The number of aromatic amines is 1. The van der Waals surface area contributed by atoms with E-state index < -0.39 is 0 Å². The molecule has 40 heavy (non-hydrogen) atoms. The van der Waals surface area contributed by atoms with Gasteiger partial charge in [-0.3, -0.25) is 20.4 Å². The third-order valence-corrected chi connectivity index (χ3v) is 7.02. The number of fused-ring (bicyclic) bond motifs is 2. The first-order valence-corrected chi connectivity index (χ1v) is 13.4. The van der Waals surface area contributed by atoms with E-state index in [1.165, 1.54) is 0 Å². The highest BCUT2D eigenvalue weighted by Gasteiger charge is 2.14. The second-order valence-corrected chi connectivity index (χ2v) is 9.82. The third-order valence-electron chi connectivity index (χ3n) is 7.02. The molecule has 1 saturated heterocycles. The number of hydrogen-bond acceptors (Lipinski definition) is 6. The Labute approximate surface area is 232 Å². The molecule has 0 radical (unpaired) electrons. The smallest absolute Gasteiger partial charge is 0.153 e. The van der Waals surface area contributed by atoms with Crippen molar-refractivity contribution in [2.24, 2.45) is 10.7 Å². The molecular weight excluding hydrogens is 502 g/mol. The molecule has 0 atom stereocenters. The molecule has 3 heterocycles. The molecule has 9 heteroatoms. The maximum Gasteiger partial charge on any atom is 0.153 e. The Bertz CT molecular complexity index is 1670. The SMILES string of the molecule is N=C(N=C(N)CN1CCOCC1)c1ccc2[nH]nc(-c3ccc4cc(OCCc5ccccn5)ccc4c3)c2c1. The van der Waals surface area contributed by atoms with Crippen molar-refractivity contribution >= 4 is 33.3 Å². The second kappa shape index (κ2) is 11.6. The van der Waals surface area contributed by atoms with E-state index in [-0.39, 0.29) is 5.84 Å². The van der Waals surface area contributed by atoms with E-state index in [9.17, 15) is 0 Å². The summed E-state index contributed by atoms with van der Waals surface area (Å²) in [5.41, 5.74) is 10.6. The number of nitrogens with zero attached hydrogens (tertiary/aromatic N) is 4. The molecular formula is C31H31N7O2. The number of nitrogens with one attached hydrogen (secondary N) is 2. The van der Waals surface area contributed by atoms with Crippen LogP contribution in [0.2, 0.25) is 0 Å². The number of H-pyrrole nitrogens is 1. The van der Waals surface area contributed by atoms with Gasteiger partial charge >= 0.3 is 0 Å². The molecule has 0 unspecified atom stereocenters. The highest BCUT2D eigenvalue weighted by atomic mass is 16.5. The van der Waals surface area contributed by atoms with Gasteiger partial charge in [-0.1, -0.05) is 24.3 Å². The summed E-state index contributed by atoms with van der Waals surface area (Å²) >= 11 is 0. The van der Waals surface area contributed by atoms with Crippen LogP contribution in [0.15, 0.2) is 84.0 Å². The van der Waals surface area contributed by atoms with Gasteiger partial charge in [0, 0.05) is 47.9 Å². The fraction of sp³-hybridized carbons (Fsp3) is 0.226. The Hall–Kier alpha value is -4.60. The van der Waals surface area contributed by atoms with Crippen LogP contribution in [0.4, 0.5) is 0 Å². The topological polar surface area (TPSA) is 126 Å². The van der Waals surface area contributed by atoms with Gasteiger partial charge in [0.05, 0.1) is 37.6 Å². The Morgan fingerprint density at radius 3 is 2.73 bits per heavy atom. The van der Waals surface area contributed by atoms with Gasteiger partial charge in [0.15, 0.2) is 5.84 Å². The number of rotatable bonds is 8. The molecule has 5 aromatic rings. The van der Waals surface area contributed by atoms with Crippen molar-refractivity contribution in [2.75, 3.05) is 39.5 Å². The van der Waals surface area contributed by atoms with Gasteiger partial charge in [-0.15, -0.1) is 0 Å². The van der Waals surface area contributed by atoms with E-state index in [4.69, 9.17) is 20.6 Å². The number of ether oxygens (including phenoxy) is 2. The zero-order valence-corrected chi connectivity index (χ0v) is 22.1. The quantitative estimate of drug-likeness (QED) is 0.200. The lowest BCUT2D eigenvalue weighted by Crippen LogP contribution is -2.41. The summed E-state index contributed by atoms with van der Waals surface area (Å²) in [4.78, 5) is 10.9. The number of aliphatic imine (C=N–C) groups is 1. The number of hydrogen-bond donors (Lipinski definition) is 3. The lowest BCUT2D eigenvalue weighted by Gasteiger charge is -2.26. The maximum absolute atomic E-state index is 8.55. The molecule has 1 aliphatic heterocycles. The minimum atomic E-state index is 0.133. The zero-order valence-electron chi connectivity index (χ0n) is 22.1. The molecule has 1 aliphatic rings. The average molecular weight is 534 g/mol. The summed E-state index contributed by atoms with van der Waals surface area (Å²) < 4.78 is 11.4.